The first-order valence-corrected chi connectivity index (χ1v) is 9.38. The molecule has 2 N–H and O–H groups in total. The zero-order valence-corrected chi connectivity index (χ0v) is 16.5. The Balaban J connectivity index is 1.67. The molecule has 0 aliphatic carbocycles. The Hall–Kier alpha value is -2.87. The van der Waals surface area contributed by atoms with Crippen molar-refractivity contribution in [1.82, 2.24) is 19.8 Å². The summed E-state index contributed by atoms with van der Waals surface area (Å²) in [6.07, 6.45) is 4.89. The van der Waals surface area contributed by atoms with Crippen LogP contribution in [0.3, 0.4) is 0 Å². The number of carbonyl (C=O) groups is 2. The number of anilines is 1. The number of piperazine rings is 1. The van der Waals surface area contributed by atoms with E-state index in [1.165, 1.54) is 4.90 Å². The van der Waals surface area contributed by atoms with Gasteiger partial charge in [0.05, 0.1) is 6.33 Å². The van der Waals surface area contributed by atoms with Crippen molar-refractivity contribution in [3.05, 3.63) is 48.5 Å². The highest BCUT2D eigenvalue weighted by atomic mass is 16.6. The van der Waals surface area contributed by atoms with Crippen molar-refractivity contribution in [3.63, 3.8) is 0 Å². The third kappa shape index (κ3) is 5.32. The molecular formula is C20H27N5O3. The number of amides is 2. The van der Waals surface area contributed by atoms with Gasteiger partial charge in [-0.2, -0.15) is 0 Å². The molecule has 3 rings (SSSR count). The van der Waals surface area contributed by atoms with Gasteiger partial charge in [-0.25, -0.2) is 9.78 Å². The first-order valence-electron chi connectivity index (χ1n) is 9.38. The number of aromatic nitrogens is 2. The molecule has 28 heavy (non-hydrogen) atoms. The molecule has 0 spiro atoms. The molecule has 1 aromatic heterocycles. The summed E-state index contributed by atoms with van der Waals surface area (Å²) in [7, 11) is 0. The SMILES string of the molecule is CC(C)(C)OC(=O)N1CCNCC1C(=O)Nc1cccc(Cn2ccnc2)c1. The van der Waals surface area contributed by atoms with Crippen molar-refractivity contribution in [2.75, 3.05) is 25.0 Å². The van der Waals surface area contributed by atoms with E-state index in [-0.39, 0.29) is 5.91 Å². The molecule has 1 fully saturated rings. The van der Waals surface area contributed by atoms with E-state index >= 15 is 0 Å². The van der Waals surface area contributed by atoms with Crippen molar-refractivity contribution < 1.29 is 14.3 Å². The molecule has 2 aromatic rings. The Kier molecular flexibility index (Phi) is 5.99. The first-order chi connectivity index (χ1) is 13.3. The molecule has 0 saturated carbocycles. The predicted molar refractivity (Wildman–Crippen MR) is 106 cm³/mol. The largest absolute Gasteiger partial charge is 0.444 e. The van der Waals surface area contributed by atoms with Gasteiger partial charge in [0.1, 0.15) is 11.6 Å². The molecule has 1 saturated heterocycles. The summed E-state index contributed by atoms with van der Waals surface area (Å²) in [6.45, 7) is 7.55. The fraction of sp³-hybridized carbons (Fsp3) is 0.450. The number of benzene rings is 1. The van der Waals surface area contributed by atoms with Crippen molar-refractivity contribution in [3.8, 4) is 0 Å². The lowest BCUT2D eigenvalue weighted by atomic mass is 10.1. The van der Waals surface area contributed by atoms with Crippen molar-refractivity contribution in [2.24, 2.45) is 0 Å². The van der Waals surface area contributed by atoms with Gasteiger partial charge in [-0.15, -0.1) is 0 Å². The molecule has 0 bridgehead atoms. The smallest absolute Gasteiger partial charge is 0.411 e. The second kappa shape index (κ2) is 8.43. The van der Waals surface area contributed by atoms with Crippen LogP contribution in [0.15, 0.2) is 43.0 Å². The average Bonchev–Trinajstić information content (AvgIpc) is 3.13. The lowest BCUT2D eigenvalue weighted by Crippen LogP contribution is -2.59. The second-order valence-corrected chi connectivity index (χ2v) is 7.82. The van der Waals surface area contributed by atoms with E-state index in [4.69, 9.17) is 4.74 Å². The first kappa shape index (κ1) is 19.9. The quantitative estimate of drug-likeness (QED) is 0.841. The predicted octanol–water partition coefficient (Wildman–Crippen LogP) is 2.08. The van der Waals surface area contributed by atoms with Gasteiger partial charge < -0.3 is 19.9 Å². The van der Waals surface area contributed by atoms with Crippen LogP contribution in [-0.2, 0) is 16.1 Å². The monoisotopic (exact) mass is 385 g/mol. The summed E-state index contributed by atoms with van der Waals surface area (Å²) in [4.78, 5) is 30.9. The van der Waals surface area contributed by atoms with Gasteiger partial charge in [0, 0.05) is 44.3 Å². The molecule has 1 aliphatic heterocycles. The number of hydrogen-bond acceptors (Lipinski definition) is 5. The summed E-state index contributed by atoms with van der Waals surface area (Å²) in [6, 6.07) is 7.02. The van der Waals surface area contributed by atoms with Gasteiger partial charge >= 0.3 is 6.09 Å². The minimum Gasteiger partial charge on any atom is -0.444 e. The normalized spacial score (nSPS) is 17.2. The van der Waals surface area contributed by atoms with E-state index in [0.29, 0.717) is 31.9 Å². The van der Waals surface area contributed by atoms with Crippen LogP contribution in [-0.4, -0.2) is 57.7 Å². The highest BCUT2D eigenvalue weighted by molar-refractivity contribution is 5.97. The molecule has 1 unspecified atom stereocenters. The zero-order valence-electron chi connectivity index (χ0n) is 16.5. The van der Waals surface area contributed by atoms with Gasteiger partial charge in [0.15, 0.2) is 0 Å². The maximum atomic E-state index is 12.9. The maximum Gasteiger partial charge on any atom is 0.411 e. The summed E-state index contributed by atoms with van der Waals surface area (Å²) in [5.74, 6) is -0.238. The van der Waals surface area contributed by atoms with Crippen molar-refractivity contribution >= 4 is 17.7 Å². The number of hydrogen-bond donors (Lipinski definition) is 2. The summed E-state index contributed by atoms with van der Waals surface area (Å²) in [5.41, 5.74) is 1.13. The Morgan fingerprint density at radius 1 is 1.36 bits per heavy atom. The van der Waals surface area contributed by atoms with E-state index < -0.39 is 17.7 Å². The van der Waals surface area contributed by atoms with Gasteiger partial charge in [0.2, 0.25) is 5.91 Å². The Morgan fingerprint density at radius 3 is 2.89 bits per heavy atom. The van der Waals surface area contributed by atoms with Crippen molar-refractivity contribution in [2.45, 2.75) is 39.0 Å². The van der Waals surface area contributed by atoms with E-state index in [0.717, 1.165) is 5.56 Å². The highest BCUT2D eigenvalue weighted by Gasteiger charge is 2.34. The Labute approximate surface area is 164 Å². The van der Waals surface area contributed by atoms with Gasteiger partial charge in [-0.1, -0.05) is 12.1 Å². The van der Waals surface area contributed by atoms with Gasteiger partial charge in [-0.05, 0) is 38.5 Å². The number of carbonyl (C=O) groups excluding carboxylic acids is 2. The van der Waals surface area contributed by atoms with Crippen LogP contribution >= 0.6 is 0 Å². The number of nitrogens with one attached hydrogen (secondary N) is 2. The molecule has 2 amide bonds. The third-order valence-corrected chi connectivity index (χ3v) is 4.29. The summed E-state index contributed by atoms with van der Waals surface area (Å²) >= 11 is 0. The standard InChI is InChI=1S/C20H27N5O3/c1-20(2,3)28-19(27)25-10-8-21-12-17(25)18(26)23-16-6-4-5-15(11-16)13-24-9-7-22-14-24/h4-7,9,11,14,17,21H,8,10,12-13H2,1-3H3,(H,23,26). The molecule has 2 heterocycles. The Morgan fingerprint density at radius 2 is 2.18 bits per heavy atom. The maximum absolute atomic E-state index is 12.9. The molecule has 1 aliphatic rings. The topological polar surface area (TPSA) is 88.5 Å². The lowest BCUT2D eigenvalue weighted by molar-refractivity contribution is -0.121. The summed E-state index contributed by atoms with van der Waals surface area (Å²) < 4.78 is 7.41. The highest BCUT2D eigenvalue weighted by Crippen LogP contribution is 2.16. The summed E-state index contributed by atoms with van der Waals surface area (Å²) in [5, 5.41) is 6.10. The van der Waals surface area contributed by atoms with Gasteiger partial charge in [-0.3, -0.25) is 9.69 Å². The molecule has 1 aromatic carbocycles. The van der Waals surface area contributed by atoms with E-state index in [9.17, 15) is 9.59 Å². The van der Waals surface area contributed by atoms with Crippen LogP contribution < -0.4 is 10.6 Å². The van der Waals surface area contributed by atoms with E-state index in [1.807, 2.05) is 55.8 Å². The molecule has 8 heteroatoms. The van der Waals surface area contributed by atoms with Crippen LogP contribution in [0.1, 0.15) is 26.3 Å². The van der Waals surface area contributed by atoms with Crippen LogP contribution in [0.25, 0.3) is 0 Å². The van der Waals surface area contributed by atoms with Crippen LogP contribution in [0.2, 0.25) is 0 Å². The zero-order chi connectivity index (χ0) is 20.1. The molecule has 150 valence electrons. The molecular weight excluding hydrogens is 358 g/mol. The van der Waals surface area contributed by atoms with E-state index in [2.05, 4.69) is 15.6 Å². The second-order valence-electron chi connectivity index (χ2n) is 7.82. The van der Waals surface area contributed by atoms with Crippen LogP contribution in [0, 0.1) is 0 Å². The van der Waals surface area contributed by atoms with Crippen LogP contribution in [0.5, 0.6) is 0 Å². The fourth-order valence-electron chi connectivity index (χ4n) is 3.04. The Bertz CT molecular complexity index is 813. The van der Waals surface area contributed by atoms with Gasteiger partial charge in [0.25, 0.3) is 0 Å². The van der Waals surface area contributed by atoms with Crippen molar-refractivity contribution in [1.29, 1.82) is 0 Å². The average molecular weight is 385 g/mol. The minimum absolute atomic E-state index is 0.238. The molecule has 1 atom stereocenters. The number of nitrogens with zero attached hydrogens (tertiary/aromatic N) is 3. The fourth-order valence-corrected chi connectivity index (χ4v) is 3.04. The van der Waals surface area contributed by atoms with Crippen LogP contribution in [0.4, 0.5) is 10.5 Å². The van der Waals surface area contributed by atoms with E-state index in [1.54, 1.807) is 12.5 Å². The molecule has 0 radical (unpaired) electrons. The number of ether oxygens (including phenoxy) is 1. The lowest BCUT2D eigenvalue weighted by Gasteiger charge is -2.36. The molecule has 8 nitrogen and oxygen atoms in total. The minimum atomic E-state index is -0.624. The number of rotatable bonds is 4. The third-order valence-electron chi connectivity index (χ3n) is 4.29. The number of imidazole rings is 1.